The van der Waals surface area contributed by atoms with Crippen molar-refractivity contribution in [2.24, 2.45) is 0 Å². The summed E-state index contributed by atoms with van der Waals surface area (Å²) in [6.07, 6.45) is 5.51. The third-order valence-corrected chi connectivity index (χ3v) is 9.16. The van der Waals surface area contributed by atoms with Gasteiger partial charge in [0.1, 0.15) is 10.0 Å². The van der Waals surface area contributed by atoms with Gasteiger partial charge in [0, 0.05) is 10.6 Å². The van der Waals surface area contributed by atoms with Gasteiger partial charge >= 0.3 is 6.03 Å². The molecule has 1 heterocycles. The zero-order valence-corrected chi connectivity index (χ0v) is 17.3. The molecule has 0 spiro atoms. The summed E-state index contributed by atoms with van der Waals surface area (Å²) in [6.45, 7) is 0. The lowest BCUT2D eigenvalue weighted by molar-refractivity contribution is 0.155. The lowest BCUT2D eigenvalue weighted by atomic mass is 9.98. The highest BCUT2D eigenvalue weighted by Gasteiger charge is 2.44. The number of fused-ring (bicyclic) bond motifs is 2. The Balaban J connectivity index is 1.40. The van der Waals surface area contributed by atoms with E-state index in [9.17, 15) is 22.7 Å². The first-order valence-electron chi connectivity index (χ1n) is 9.80. The van der Waals surface area contributed by atoms with E-state index in [4.69, 9.17) is 0 Å². The number of thiophene rings is 1. The van der Waals surface area contributed by atoms with E-state index in [-0.39, 0.29) is 10.0 Å². The zero-order valence-electron chi connectivity index (χ0n) is 15.7. The van der Waals surface area contributed by atoms with E-state index in [0.717, 1.165) is 35.3 Å². The molecule has 2 aromatic rings. The van der Waals surface area contributed by atoms with Crippen LogP contribution in [0, 0.1) is 5.82 Å². The first kappa shape index (κ1) is 19.0. The third kappa shape index (κ3) is 3.15. The Morgan fingerprint density at radius 3 is 2.21 bits per heavy atom. The molecule has 9 heteroatoms. The van der Waals surface area contributed by atoms with Crippen LogP contribution in [0.15, 0.2) is 16.3 Å². The summed E-state index contributed by atoms with van der Waals surface area (Å²) in [5.41, 5.74) is 2.57. The largest absolute Gasteiger partial charge is 0.384 e. The number of nitrogens with one attached hydrogen (secondary N) is 2. The van der Waals surface area contributed by atoms with Gasteiger partial charge in [-0.1, -0.05) is 0 Å². The molecule has 0 aliphatic heterocycles. The summed E-state index contributed by atoms with van der Waals surface area (Å²) >= 11 is 0.970. The van der Waals surface area contributed by atoms with Crippen LogP contribution in [0.25, 0.3) is 0 Å². The lowest BCUT2D eigenvalue weighted by Gasteiger charge is -2.17. The standard InChI is InChI=1S/C20H21FN2O4S2/c21-17-11-3-1-5-13(11)18(14-6-2-4-12(14)17)22-19(24)23-29(26,27)16-8-7-15(28-16)20(25)9-10-20/h7-8,25H,1-6,9-10H2,(H2,22,23,24). The molecular formula is C20H21FN2O4S2. The van der Waals surface area contributed by atoms with E-state index in [2.05, 4.69) is 10.0 Å². The quantitative estimate of drug-likeness (QED) is 0.685. The average Bonchev–Trinajstić information content (AvgIpc) is 3.17. The number of rotatable bonds is 4. The fraction of sp³-hybridized carbons (Fsp3) is 0.450. The van der Waals surface area contributed by atoms with Gasteiger partial charge < -0.3 is 10.4 Å². The number of urea groups is 1. The van der Waals surface area contributed by atoms with Crippen LogP contribution in [0.2, 0.25) is 0 Å². The predicted octanol–water partition coefficient (Wildman–Crippen LogP) is 3.36. The molecule has 154 valence electrons. The van der Waals surface area contributed by atoms with Crippen LogP contribution in [0.1, 0.15) is 52.8 Å². The van der Waals surface area contributed by atoms with Gasteiger partial charge in [0.2, 0.25) is 0 Å². The fourth-order valence-electron chi connectivity index (χ4n) is 4.43. The monoisotopic (exact) mass is 436 g/mol. The molecule has 0 radical (unpaired) electrons. The number of benzene rings is 1. The Hall–Kier alpha value is -1.97. The van der Waals surface area contributed by atoms with Gasteiger partial charge in [-0.2, -0.15) is 0 Å². The van der Waals surface area contributed by atoms with Crippen LogP contribution in [-0.4, -0.2) is 19.6 Å². The van der Waals surface area contributed by atoms with Crippen molar-refractivity contribution in [3.8, 4) is 0 Å². The van der Waals surface area contributed by atoms with Gasteiger partial charge in [-0.3, -0.25) is 0 Å². The topological polar surface area (TPSA) is 95.5 Å². The predicted molar refractivity (Wildman–Crippen MR) is 107 cm³/mol. The maximum atomic E-state index is 14.7. The Bertz CT molecular complexity index is 1100. The molecule has 0 atom stereocenters. The van der Waals surface area contributed by atoms with Crippen LogP contribution in [0.4, 0.5) is 14.9 Å². The van der Waals surface area contributed by atoms with Crippen LogP contribution >= 0.6 is 11.3 Å². The molecule has 1 aromatic heterocycles. The highest BCUT2D eigenvalue weighted by atomic mass is 32.2. The van der Waals surface area contributed by atoms with Crippen molar-refractivity contribution in [1.82, 2.24) is 4.72 Å². The number of sulfonamides is 1. The Labute approximate surface area is 172 Å². The van der Waals surface area contributed by atoms with Crippen LogP contribution in [0.5, 0.6) is 0 Å². The van der Waals surface area contributed by atoms with Gasteiger partial charge in [-0.25, -0.2) is 22.3 Å². The van der Waals surface area contributed by atoms with Crippen LogP contribution < -0.4 is 10.0 Å². The van der Waals surface area contributed by atoms with Crippen molar-refractivity contribution in [2.75, 3.05) is 5.32 Å². The van der Waals surface area contributed by atoms with Gasteiger partial charge in [0.15, 0.2) is 0 Å². The van der Waals surface area contributed by atoms with E-state index in [1.165, 1.54) is 6.07 Å². The number of amides is 2. The highest BCUT2D eigenvalue weighted by molar-refractivity contribution is 7.92. The minimum absolute atomic E-state index is 0.0162. The summed E-state index contributed by atoms with van der Waals surface area (Å²) in [5.74, 6) is -0.146. The van der Waals surface area contributed by atoms with E-state index in [1.54, 1.807) is 6.07 Å². The van der Waals surface area contributed by atoms with Crippen molar-refractivity contribution >= 4 is 33.1 Å². The van der Waals surface area contributed by atoms with Crippen LogP contribution in [0.3, 0.4) is 0 Å². The summed E-state index contributed by atoms with van der Waals surface area (Å²) in [5, 5.41) is 12.8. The van der Waals surface area contributed by atoms with E-state index < -0.39 is 21.7 Å². The molecule has 1 aromatic carbocycles. The zero-order chi connectivity index (χ0) is 20.4. The highest BCUT2D eigenvalue weighted by Crippen LogP contribution is 2.48. The van der Waals surface area contributed by atoms with Gasteiger partial charge in [0.25, 0.3) is 10.0 Å². The molecule has 29 heavy (non-hydrogen) atoms. The first-order valence-corrected chi connectivity index (χ1v) is 12.1. The third-order valence-electron chi connectivity index (χ3n) is 6.06. The van der Waals surface area contributed by atoms with Gasteiger partial charge in [-0.15, -0.1) is 11.3 Å². The van der Waals surface area contributed by atoms with Gasteiger partial charge in [-0.05, 0) is 85.8 Å². The maximum absolute atomic E-state index is 14.7. The average molecular weight is 437 g/mol. The molecule has 3 aliphatic rings. The molecular weight excluding hydrogens is 415 g/mol. The minimum atomic E-state index is -4.06. The molecule has 3 aliphatic carbocycles. The second-order valence-electron chi connectivity index (χ2n) is 8.02. The van der Waals surface area contributed by atoms with Crippen molar-refractivity contribution < 1.29 is 22.7 Å². The normalized spacial score (nSPS) is 19.0. The number of anilines is 1. The molecule has 1 fully saturated rings. The molecule has 0 unspecified atom stereocenters. The van der Waals surface area contributed by atoms with Gasteiger partial charge in [0.05, 0.1) is 5.60 Å². The summed E-state index contributed by atoms with van der Waals surface area (Å²) in [4.78, 5) is 13.2. The second kappa shape index (κ2) is 6.52. The first-order chi connectivity index (χ1) is 13.8. The van der Waals surface area contributed by atoms with Crippen LogP contribution in [-0.2, 0) is 41.3 Å². The molecule has 0 saturated heterocycles. The molecule has 5 rings (SSSR count). The molecule has 2 amide bonds. The Morgan fingerprint density at radius 2 is 1.62 bits per heavy atom. The number of carbonyl (C=O) groups excluding carboxylic acids is 1. The summed E-state index contributed by atoms with van der Waals surface area (Å²) < 4.78 is 42.0. The Kier molecular flexibility index (Phi) is 4.27. The van der Waals surface area contributed by atoms with Crippen molar-refractivity contribution in [3.05, 3.63) is 45.1 Å². The molecule has 1 saturated carbocycles. The summed E-state index contributed by atoms with van der Waals surface area (Å²) in [6, 6.07) is 2.14. The van der Waals surface area contributed by atoms with Crippen molar-refractivity contribution in [1.29, 1.82) is 0 Å². The second-order valence-corrected chi connectivity index (χ2v) is 11.0. The number of hydrogen-bond donors (Lipinski definition) is 3. The van der Waals surface area contributed by atoms with Crippen molar-refractivity contribution in [3.63, 3.8) is 0 Å². The maximum Gasteiger partial charge on any atom is 0.333 e. The molecule has 6 nitrogen and oxygen atoms in total. The fourth-order valence-corrected chi connectivity index (χ4v) is 6.79. The number of carbonyl (C=O) groups is 1. The van der Waals surface area contributed by atoms with E-state index in [1.807, 2.05) is 0 Å². The number of aliphatic hydroxyl groups is 1. The lowest BCUT2D eigenvalue weighted by Crippen LogP contribution is -2.34. The molecule has 0 bridgehead atoms. The smallest absolute Gasteiger partial charge is 0.333 e. The number of halogens is 1. The Morgan fingerprint density at radius 1 is 1.03 bits per heavy atom. The summed E-state index contributed by atoms with van der Waals surface area (Å²) in [7, 11) is -4.06. The van der Waals surface area contributed by atoms with E-state index >= 15 is 0 Å². The van der Waals surface area contributed by atoms with E-state index in [0.29, 0.717) is 60.2 Å². The molecule has 3 N–H and O–H groups in total. The van der Waals surface area contributed by atoms with Crippen molar-refractivity contribution in [2.45, 2.75) is 61.2 Å². The number of hydrogen-bond acceptors (Lipinski definition) is 5. The SMILES string of the molecule is O=C(Nc1c2c(c(F)c3c1CCC3)CCC2)NS(=O)(=O)c1ccc(C2(O)CC2)s1. The minimum Gasteiger partial charge on any atom is -0.384 e.